The summed E-state index contributed by atoms with van der Waals surface area (Å²) in [4.78, 5) is 2.39. The largest absolute Gasteiger partial charge is 0.399 e. The number of nitrogens with two attached hydrogens (primary N) is 2. The summed E-state index contributed by atoms with van der Waals surface area (Å²) in [7, 11) is 0. The Morgan fingerprint density at radius 2 is 1.91 bits per heavy atom. The normalized spacial score (nSPS) is 20.8. The Bertz CT molecular complexity index is 566. The Morgan fingerprint density at radius 3 is 2.59 bits per heavy atom. The topological polar surface area (TPSA) is 76.5 Å². The van der Waals surface area contributed by atoms with Gasteiger partial charge in [0, 0.05) is 46.1 Å². The van der Waals surface area contributed by atoms with E-state index in [-0.39, 0.29) is 10.3 Å². The lowest BCUT2D eigenvalue weighted by molar-refractivity contribution is 0.0418. The molecular formula is C17H30N4O. The number of hydrogen-bond donors (Lipinski definition) is 3. The van der Waals surface area contributed by atoms with E-state index in [0.29, 0.717) is 0 Å². The highest BCUT2D eigenvalue weighted by Gasteiger charge is 2.17. The van der Waals surface area contributed by atoms with E-state index in [1.807, 2.05) is 24.3 Å². The third-order valence-electron chi connectivity index (χ3n) is 3.92. The Hall–Kier alpha value is -1.98. The molecule has 1 aromatic rings. The maximum absolute atomic E-state index is 6.27. The van der Waals surface area contributed by atoms with Crippen molar-refractivity contribution >= 4 is 11.4 Å². The van der Waals surface area contributed by atoms with Crippen LogP contribution >= 0.6 is 0 Å². The molecule has 0 saturated carbocycles. The van der Waals surface area contributed by atoms with Gasteiger partial charge < -0.3 is 21.5 Å². The number of hydrogen-bond acceptors (Lipinski definition) is 5. The summed E-state index contributed by atoms with van der Waals surface area (Å²) in [5.74, 6) is 0. The summed E-state index contributed by atoms with van der Waals surface area (Å²) in [6.45, 7) is 5.35. The molecule has 124 valence electrons. The Kier molecular flexibility index (Phi) is 5.46. The van der Waals surface area contributed by atoms with Gasteiger partial charge in [0.1, 0.15) is 0 Å². The number of morpholine rings is 1. The fourth-order valence-corrected chi connectivity index (χ4v) is 2.64. The number of ether oxygens (including phenoxy) is 1. The second-order valence-corrected chi connectivity index (χ2v) is 5.47. The predicted octanol–water partition coefficient (Wildman–Crippen LogP) is 1.89. The van der Waals surface area contributed by atoms with Gasteiger partial charge in [0.05, 0.1) is 13.2 Å². The maximum Gasteiger partial charge on any atom is 0.0594 e. The third kappa shape index (κ3) is 3.81. The van der Waals surface area contributed by atoms with E-state index in [1.165, 1.54) is 5.70 Å². The van der Waals surface area contributed by atoms with E-state index in [4.69, 9.17) is 16.2 Å². The van der Waals surface area contributed by atoms with Crippen molar-refractivity contribution in [3.63, 3.8) is 0 Å². The lowest BCUT2D eigenvalue weighted by atomic mass is 10.1. The van der Waals surface area contributed by atoms with Crippen LogP contribution in [-0.4, -0.2) is 44.3 Å². The number of anilines is 1. The zero-order valence-corrected chi connectivity index (χ0v) is 12.1. The van der Waals surface area contributed by atoms with Crippen molar-refractivity contribution in [2.75, 3.05) is 45.1 Å². The number of nitrogens with zero attached hydrogens (tertiary/aromatic N) is 1. The zero-order chi connectivity index (χ0) is 14.7. The zero-order valence-electron chi connectivity index (χ0n) is 12.1. The molecule has 0 atom stereocenters. The fraction of sp³-hybridized carbons (Fsp3) is 0.412. The highest BCUT2D eigenvalue weighted by atomic mass is 16.5. The Morgan fingerprint density at radius 1 is 1.23 bits per heavy atom. The second-order valence-electron chi connectivity index (χ2n) is 5.47. The minimum atomic E-state index is 0. The van der Waals surface area contributed by atoms with Crippen LogP contribution in [0.15, 0.2) is 41.6 Å². The molecule has 0 spiro atoms. The van der Waals surface area contributed by atoms with Crippen molar-refractivity contribution in [2.24, 2.45) is 5.73 Å². The Balaban J connectivity index is 0.00000176. The smallest absolute Gasteiger partial charge is 0.0594 e. The van der Waals surface area contributed by atoms with Crippen molar-refractivity contribution < 1.29 is 7.59 Å². The van der Waals surface area contributed by atoms with E-state index >= 15 is 0 Å². The van der Waals surface area contributed by atoms with Crippen molar-refractivity contribution in [2.45, 2.75) is 7.43 Å². The van der Waals surface area contributed by atoms with Gasteiger partial charge in [0.15, 0.2) is 0 Å². The molecule has 1 saturated heterocycles. The maximum atomic E-state index is 6.27. The van der Waals surface area contributed by atoms with Gasteiger partial charge in [-0.1, -0.05) is 19.6 Å². The predicted molar refractivity (Wildman–Crippen MR) is 96.3 cm³/mol. The molecule has 0 aromatic heterocycles. The van der Waals surface area contributed by atoms with Gasteiger partial charge in [-0.15, -0.1) is 0 Å². The highest BCUT2D eigenvalue weighted by Crippen LogP contribution is 2.20. The van der Waals surface area contributed by atoms with Crippen LogP contribution in [0, 0.1) is 0 Å². The molecule has 0 bridgehead atoms. The standard InChI is InChI=1S/C16H22N4O.CH4.2H2/c17-14-3-1-12(2-4-14)16(18)13-9-15(19-10-13)11-20-5-7-21-8-6-20;;;/h1-4,9,19H,5-8,10-11,17-18H2;1H4;2*1H/b16-13-;;;. The van der Waals surface area contributed by atoms with Crippen molar-refractivity contribution in [3.8, 4) is 0 Å². The van der Waals surface area contributed by atoms with Crippen LogP contribution in [0.1, 0.15) is 15.8 Å². The first kappa shape index (κ1) is 16.4. The number of rotatable bonds is 3. The molecule has 22 heavy (non-hydrogen) atoms. The van der Waals surface area contributed by atoms with Gasteiger partial charge in [-0.2, -0.15) is 0 Å². The summed E-state index contributed by atoms with van der Waals surface area (Å²) in [6.07, 6.45) is 2.17. The van der Waals surface area contributed by atoms with Crippen LogP contribution in [-0.2, 0) is 4.74 Å². The first-order valence-electron chi connectivity index (χ1n) is 7.31. The molecule has 0 aliphatic carbocycles. The average Bonchev–Trinajstić information content (AvgIpc) is 2.97. The summed E-state index contributed by atoms with van der Waals surface area (Å²) in [5.41, 5.74) is 16.9. The molecule has 0 unspecified atom stereocenters. The van der Waals surface area contributed by atoms with E-state index in [9.17, 15) is 0 Å². The van der Waals surface area contributed by atoms with E-state index in [1.54, 1.807) is 0 Å². The van der Waals surface area contributed by atoms with Crippen LogP contribution < -0.4 is 16.8 Å². The molecule has 5 N–H and O–H groups in total. The summed E-state index contributed by atoms with van der Waals surface area (Å²) < 4.78 is 5.37. The van der Waals surface area contributed by atoms with Gasteiger partial charge in [0.2, 0.25) is 0 Å². The molecule has 2 heterocycles. The molecule has 0 amide bonds. The van der Waals surface area contributed by atoms with Crippen molar-refractivity contribution in [3.05, 3.63) is 47.2 Å². The van der Waals surface area contributed by atoms with E-state index in [2.05, 4.69) is 16.3 Å². The molecule has 5 nitrogen and oxygen atoms in total. The van der Waals surface area contributed by atoms with Crippen LogP contribution in [0.2, 0.25) is 0 Å². The molecule has 5 heteroatoms. The molecule has 3 rings (SSSR count). The van der Waals surface area contributed by atoms with Crippen LogP contribution in [0.4, 0.5) is 5.69 Å². The third-order valence-corrected chi connectivity index (χ3v) is 3.92. The van der Waals surface area contributed by atoms with Gasteiger partial charge >= 0.3 is 0 Å². The Labute approximate surface area is 135 Å². The van der Waals surface area contributed by atoms with Crippen LogP contribution in [0.3, 0.4) is 0 Å². The van der Waals surface area contributed by atoms with Crippen molar-refractivity contribution in [1.82, 2.24) is 10.2 Å². The fourth-order valence-electron chi connectivity index (χ4n) is 2.64. The minimum Gasteiger partial charge on any atom is -0.399 e. The molecule has 1 aromatic carbocycles. The summed E-state index contributed by atoms with van der Waals surface area (Å²) in [5, 5.41) is 3.43. The average molecular weight is 306 g/mol. The quantitative estimate of drug-likeness (QED) is 0.743. The molecule has 0 radical (unpaired) electrons. The van der Waals surface area contributed by atoms with E-state index < -0.39 is 0 Å². The molecular weight excluding hydrogens is 276 g/mol. The van der Waals surface area contributed by atoms with Gasteiger partial charge in [-0.3, -0.25) is 4.90 Å². The van der Waals surface area contributed by atoms with Gasteiger partial charge in [0.25, 0.3) is 0 Å². The lowest BCUT2D eigenvalue weighted by Gasteiger charge is -2.26. The van der Waals surface area contributed by atoms with Crippen molar-refractivity contribution in [1.29, 1.82) is 0 Å². The molecule has 2 aliphatic rings. The molecule has 1 fully saturated rings. The van der Waals surface area contributed by atoms with Crippen LogP contribution in [0.5, 0.6) is 0 Å². The van der Waals surface area contributed by atoms with Gasteiger partial charge in [-0.25, -0.2) is 0 Å². The second kappa shape index (κ2) is 7.33. The molecule has 2 aliphatic heterocycles. The van der Waals surface area contributed by atoms with E-state index in [0.717, 1.165) is 61.9 Å². The first-order chi connectivity index (χ1) is 10.2. The number of benzene rings is 1. The monoisotopic (exact) mass is 306 g/mol. The number of nitrogens with one attached hydrogen (secondary N) is 1. The summed E-state index contributed by atoms with van der Waals surface area (Å²) >= 11 is 0. The first-order valence-corrected chi connectivity index (χ1v) is 7.31. The van der Waals surface area contributed by atoms with Gasteiger partial charge in [-0.05, 0) is 29.3 Å². The minimum absolute atomic E-state index is 0. The summed E-state index contributed by atoms with van der Waals surface area (Å²) in [6, 6.07) is 7.68. The van der Waals surface area contributed by atoms with Crippen LogP contribution in [0.25, 0.3) is 5.70 Å². The SMILES string of the molecule is C.N/C(=C1/C=C(CN2CCOCC2)NC1)c1ccc(N)cc1.[HH].[HH]. The highest BCUT2D eigenvalue weighted by molar-refractivity contribution is 5.70. The number of nitrogen functional groups attached to an aromatic ring is 1. The lowest BCUT2D eigenvalue weighted by Crippen LogP contribution is -2.38.